The highest BCUT2D eigenvalue weighted by Gasteiger charge is 2.61. The summed E-state index contributed by atoms with van der Waals surface area (Å²) in [7, 11) is 0. The molecule has 1 heteroatoms. The standard InChI is InChI=1S/C10H15N/c1-2-7-9-8(11-7)6-10(9)4-3-5-10/h8-9H,2-6H2,1H3. The Kier molecular flexibility index (Phi) is 0.961. The van der Waals surface area contributed by atoms with Gasteiger partial charge in [-0.3, -0.25) is 4.99 Å². The summed E-state index contributed by atoms with van der Waals surface area (Å²) in [5.41, 5.74) is 2.35. The lowest BCUT2D eigenvalue weighted by molar-refractivity contribution is -0.0458. The fraction of sp³-hybridized carbons (Fsp3) is 0.900. The molecule has 1 spiro atoms. The molecule has 2 aliphatic carbocycles. The molecule has 0 aromatic heterocycles. The second kappa shape index (κ2) is 1.70. The van der Waals surface area contributed by atoms with Crippen molar-refractivity contribution in [3.63, 3.8) is 0 Å². The summed E-state index contributed by atoms with van der Waals surface area (Å²) in [4.78, 5) is 4.60. The van der Waals surface area contributed by atoms with E-state index in [9.17, 15) is 0 Å². The smallest absolute Gasteiger partial charge is 0.0590 e. The number of hydrogen-bond acceptors (Lipinski definition) is 1. The van der Waals surface area contributed by atoms with Gasteiger partial charge in [0.2, 0.25) is 0 Å². The maximum atomic E-state index is 4.60. The van der Waals surface area contributed by atoms with Gasteiger partial charge in [0.25, 0.3) is 0 Å². The van der Waals surface area contributed by atoms with Crippen molar-refractivity contribution in [1.29, 1.82) is 0 Å². The minimum absolute atomic E-state index is 0.783. The summed E-state index contributed by atoms with van der Waals surface area (Å²) in [6.07, 6.45) is 7.14. The van der Waals surface area contributed by atoms with Crippen LogP contribution in [0.5, 0.6) is 0 Å². The quantitative estimate of drug-likeness (QED) is 0.543. The third-order valence-corrected chi connectivity index (χ3v) is 4.06. The van der Waals surface area contributed by atoms with E-state index in [1.54, 1.807) is 5.71 Å². The molecule has 1 heterocycles. The van der Waals surface area contributed by atoms with Crippen LogP contribution < -0.4 is 0 Å². The normalized spacial score (nSPS) is 43.2. The van der Waals surface area contributed by atoms with Gasteiger partial charge in [0, 0.05) is 11.6 Å². The molecule has 2 unspecified atom stereocenters. The van der Waals surface area contributed by atoms with Gasteiger partial charge in [0.1, 0.15) is 0 Å². The minimum atomic E-state index is 0.783. The molecule has 1 nitrogen and oxygen atoms in total. The Hall–Kier alpha value is -0.330. The maximum absolute atomic E-state index is 4.60. The molecule has 0 aromatic carbocycles. The van der Waals surface area contributed by atoms with E-state index < -0.39 is 0 Å². The molecule has 0 saturated heterocycles. The highest BCUT2D eigenvalue weighted by atomic mass is 15.0. The Morgan fingerprint density at radius 2 is 2.36 bits per heavy atom. The summed E-state index contributed by atoms with van der Waals surface area (Å²) in [5.74, 6) is 0.959. The van der Waals surface area contributed by atoms with Crippen molar-refractivity contribution >= 4 is 5.71 Å². The molecule has 1 aliphatic heterocycles. The molecule has 2 fully saturated rings. The molecule has 0 aromatic rings. The van der Waals surface area contributed by atoms with E-state index in [-0.39, 0.29) is 0 Å². The van der Waals surface area contributed by atoms with Crippen LogP contribution in [0.4, 0.5) is 0 Å². The third kappa shape index (κ3) is 0.533. The van der Waals surface area contributed by atoms with Gasteiger partial charge in [-0.05, 0) is 31.1 Å². The summed E-state index contributed by atoms with van der Waals surface area (Å²) >= 11 is 0. The molecule has 3 rings (SSSR count). The lowest BCUT2D eigenvalue weighted by atomic mass is 9.44. The van der Waals surface area contributed by atoms with Gasteiger partial charge >= 0.3 is 0 Å². The van der Waals surface area contributed by atoms with Crippen molar-refractivity contribution in [1.82, 2.24) is 0 Å². The van der Waals surface area contributed by atoms with Crippen LogP contribution in [0, 0.1) is 11.3 Å². The SMILES string of the molecule is CCC1=NC2CC3(CCC3)C12. The topological polar surface area (TPSA) is 12.4 Å². The Morgan fingerprint density at radius 1 is 1.55 bits per heavy atom. The highest BCUT2D eigenvalue weighted by molar-refractivity contribution is 5.94. The van der Waals surface area contributed by atoms with Crippen molar-refractivity contribution in [2.45, 2.75) is 45.1 Å². The molecule has 0 N–H and O–H groups in total. The fourth-order valence-electron chi connectivity index (χ4n) is 3.27. The van der Waals surface area contributed by atoms with Gasteiger partial charge in [-0.2, -0.15) is 0 Å². The van der Waals surface area contributed by atoms with E-state index in [1.165, 1.54) is 32.1 Å². The third-order valence-electron chi connectivity index (χ3n) is 4.06. The van der Waals surface area contributed by atoms with Gasteiger partial charge in [-0.1, -0.05) is 13.3 Å². The van der Waals surface area contributed by atoms with Gasteiger partial charge in [-0.15, -0.1) is 0 Å². The van der Waals surface area contributed by atoms with Gasteiger partial charge < -0.3 is 0 Å². The van der Waals surface area contributed by atoms with E-state index in [0.717, 1.165) is 17.4 Å². The minimum Gasteiger partial charge on any atom is -0.290 e. The van der Waals surface area contributed by atoms with E-state index in [1.807, 2.05) is 0 Å². The number of rotatable bonds is 1. The largest absolute Gasteiger partial charge is 0.290 e. The summed E-state index contributed by atoms with van der Waals surface area (Å²) in [5, 5.41) is 0. The predicted molar refractivity (Wildman–Crippen MR) is 45.9 cm³/mol. The van der Waals surface area contributed by atoms with E-state index in [4.69, 9.17) is 0 Å². The molecular formula is C10H15N. The Morgan fingerprint density at radius 3 is 2.82 bits per heavy atom. The van der Waals surface area contributed by atoms with Crippen LogP contribution >= 0.6 is 0 Å². The molecule has 11 heavy (non-hydrogen) atoms. The summed E-state index contributed by atoms with van der Waals surface area (Å²) < 4.78 is 0. The monoisotopic (exact) mass is 149 g/mol. The van der Waals surface area contributed by atoms with Crippen LogP contribution in [0.25, 0.3) is 0 Å². The summed E-state index contributed by atoms with van der Waals surface area (Å²) in [6, 6.07) is 0.783. The van der Waals surface area contributed by atoms with Crippen molar-refractivity contribution in [2.24, 2.45) is 16.3 Å². The molecule has 2 atom stereocenters. The Bertz CT molecular complexity index is 225. The van der Waals surface area contributed by atoms with E-state index in [2.05, 4.69) is 11.9 Å². The number of hydrogen-bond donors (Lipinski definition) is 0. The molecular weight excluding hydrogens is 134 g/mol. The second-order valence-corrected chi connectivity index (χ2v) is 4.44. The average Bonchev–Trinajstić information content (AvgIpc) is 1.89. The average molecular weight is 149 g/mol. The van der Waals surface area contributed by atoms with Crippen molar-refractivity contribution in [2.75, 3.05) is 0 Å². The van der Waals surface area contributed by atoms with Crippen molar-refractivity contribution < 1.29 is 0 Å². The van der Waals surface area contributed by atoms with Crippen LogP contribution in [0.3, 0.4) is 0 Å². The van der Waals surface area contributed by atoms with Gasteiger partial charge in [-0.25, -0.2) is 0 Å². The first-order valence-electron chi connectivity index (χ1n) is 4.92. The van der Waals surface area contributed by atoms with Crippen LogP contribution in [0.1, 0.15) is 39.0 Å². The van der Waals surface area contributed by atoms with Crippen LogP contribution in [0.2, 0.25) is 0 Å². The molecule has 0 bridgehead atoms. The summed E-state index contributed by atoms with van der Waals surface area (Å²) in [6.45, 7) is 2.25. The Balaban J connectivity index is 1.83. The van der Waals surface area contributed by atoms with Gasteiger partial charge in [0.15, 0.2) is 0 Å². The van der Waals surface area contributed by atoms with Crippen LogP contribution in [0.15, 0.2) is 4.99 Å². The lowest BCUT2D eigenvalue weighted by Crippen LogP contribution is -2.63. The van der Waals surface area contributed by atoms with Crippen molar-refractivity contribution in [3.8, 4) is 0 Å². The second-order valence-electron chi connectivity index (χ2n) is 4.44. The van der Waals surface area contributed by atoms with Crippen molar-refractivity contribution in [3.05, 3.63) is 0 Å². The first-order valence-corrected chi connectivity index (χ1v) is 4.92. The molecule has 3 aliphatic rings. The first-order chi connectivity index (χ1) is 5.36. The zero-order chi connectivity index (χ0) is 7.47. The highest BCUT2D eigenvalue weighted by Crippen LogP contribution is 2.64. The molecule has 60 valence electrons. The Labute approximate surface area is 67.9 Å². The number of fused-ring (bicyclic) bond motifs is 2. The fourth-order valence-corrected chi connectivity index (χ4v) is 3.27. The van der Waals surface area contributed by atoms with E-state index >= 15 is 0 Å². The lowest BCUT2D eigenvalue weighted by Gasteiger charge is -2.64. The van der Waals surface area contributed by atoms with Crippen LogP contribution in [-0.2, 0) is 0 Å². The number of aliphatic imine (C=N–C) groups is 1. The van der Waals surface area contributed by atoms with Gasteiger partial charge in [0.05, 0.1) is 6.04 Å². The predicted octanol–water partition coefficient (Wildman–Crippen LogP) is 2.41. The van der Waals surface area contributed by atoms with Crippen LogP contribution in [-0.4, -0.2) is 11.8 Å². The van der Waals surface area contributed by atoms with E-state index in [0.29, 0.717) is 0 Å². The molecule has 0 amide bonds. The zero-order valence-electron chi connectivity index (χ0n) is 7.14. The molecule has 0 radical (unpaired) electrons. The number of nitrogens with zero attached hydrogens (tertiary/aromatic N) is 1. The molecule has 2 saturated carbocycles. The zero-order valence-corrected chi connectivity index (χ0v) is 7.14. The maximum Gasteiger partial charge on any atom is 0.0590 e. The first kappa shape index (κ1) is 6.22.